The Bertz CT molecular complexity index is 182. The molecule has 0 saturated heterocycles. The molecule has 1 aliphatic heterocycles. The van der Waals surface area contributed by atoms with Crippen molar-refractivity contribution in [1.82, 2.24) is 10.6 Å². The van der Waals surface area contributed by atoms with Crippen LogP contribution in [-0.2, 0) is 0 Å². The van der Waals surface area contributed by atoms with E-state index in [1.165, 1.54) is 0 Å². The molecule has 0 saturated carbocycles. The van der Waals surface area contributed by atoms with E-state index in [2.05, 4.69) is 6.58 Å². The van der Waals surface area contributed by atoms with Gasteiger partial charge in [0.25, 0.3) is 0 Å². The molecule has 1 unspecified atom stereocenters. The number of nitrogens with zero attached hydrogens (tertiary/aromatic N) is 1. The summed E-state index contributed by atoms with van der Waals surface area (Å²) in [6.07, 6.45) is 10.3. The van der Waals surface area contributed by atoms with Crippen molar-refractivity contribution in [2.24, 2.45) is 0 Å². The van der Waals surface area contributed by atoms with E-state index in [-0.39, 0.29) is 6.17 Å². The zero-order valence-corrected chi connectivity index (χ0v) is 6.53. The summed E-state index contributed by atoms with van der Waals surface area (Å²) < 4.78 is 0. The zero-order chi connectivity index (χ0) is 8.10. The second-order valence-electron chi connectivity index (χ2n) is 2.51. The molecule has 0 aromatic carbocycles. The SMILES string of the molecule is C=CCC([NH])N1C=CC=CC1. The lowest BCUT2D eigenvalue weighted by atomic mass is 10.2. The second kappa shape index (κ2) is 3.98. The van der Waals surface area contributed by atoms with Gasteiger partial charge in [0.2, 0.25) is 0 Å². The molecule has 0 amide bonds. The van der Waals surface area contributed by atoms with Crippen LogP contribution in [0.5, 0.6) is 0 Å². The van der Waals surface area contributed by atoms with Crippen molar-refractivity contribution in [3.63, 3.8) is 0 Å². The van der Waals surface area contributed by atoms with Crippen molar-refractivity contribution < 1.29 is 0 Å². The standard InChI is InChI=1S/C9H13N2/c1-2-6-9(10)11-7-4-3-5-8-11/h2-5,7,9-10H,1,6,8H2. The minimum absolute atomic E-state index is 0.173. The minimum atomic E-state index is -0.173. The van der Waals surface area contributed by atoms with E-state index < -0.39 is 0 Å². The quantitative estimate of drug-likeness (QED) is 0.559. The van der Waals surface area contributed by atoms with Crippen LogP contribution in [0, 0.1) is 0 Å². The molecule has 0 bridgehead atoms. The summed E-state index contributed by atoms with van der Waals surface area (Å²) in [5.41, 5.74) is 7.64. The Labute approximate surface area is 67.7 Å². The van der Waals surface area contributed by atoms with Gasteiger partial charge in [0.15, 0.2) is 0 Å². The average Bonchev–Trinajstić information content (AvgIpc) is 2.07. The summed E-state index contributed by atoms with van der Waals surface area (Å²) in [4.78, 5) is 1.97. The maximum absolute atomic E-state index is 7.64. The Morgan fingerprint density at radius 1 is 1.64 bits per heavy atom. The molecule has 1 N–H and O–H groups in total. The first kappa shape index (κ1) is 8.08. The van der Waals surface area contributed by atoms with Gasteiger partial charge in [0, 0.05) is 12.7 Å². The van der Waals surface area contributed by atoms with Gasteiger partial charge in [-0.1, -0.05) is 18.2 Å². The molecule has 1 aliphatic rings. The normalized spacial score (nSPS) is 18.5. The van der Waals surface area contributed by atoms with Gasteiger partial charge in [0.05, 0.1) is 6.17 Å². The molecule has 2 nitrogen and oxygen atoms in total. The predicted molar refractivity (Wildman–Crippen MR) is 46.7 cm³/mol. The third kappa shape index (κ3) is 2.24. The molecule has 59 valence electrons. The molecule has 0 aliphatic carbocycles. The number of allylic oxidation sites excluding steroid dienone is 2. The van der Waals surface area contributed by atoms with E-state index in [0.717, 1.165) is 13.0 Å². The Morgan fingerprint density at radius 3 is 3.00 bits per heavy atom. The van der Waals surface area contributed by atoms with Crippen molar-refractivity contribution in [1.29, 1.82) is 0 Å². The fraction of sp³-hybridized carbons (Fsp3) is 0.333. The Kier molecular flexibility index (Phi) is 2.93. The van der Waals surface area contributed by atoms with E-state index in [1.54, 1.807) is 6.08 Å². The summed E-state index contributed by atoms with van der Waals surface area (Å²) in [5.74, 6) is 0. The van der Waals surface area contributed by atoms with E-state index in [4.69, 9.17) is 5.73 Å². The number of rotatable bonds is 3. The monoisotopic (exact) mass is 149 g/mol. The van der Waals surface area contributed by atoms with Crippen molar-refractivity contribution in [2.75, 3.05) is 6.54 Å². The molecule has 2 heteroatoms. The first-order valence-corrected chi connectivity index (χ1v) is 3.75. The summed E-state index contributed by atoms with van der Waals surface area (Å²) in [6.45, 7) is 4.45. The van der Waals surface area contributed by atoms with Crippen LogP contribution in [0.2, 0.25) is 0 Å². The minimum Gasteiger partial charge on any atom is -0.357 e. The lowest BCUT2D eigenvalue weighted by Crippen LogP contribution is -2.32. The third-order valence-electron chi connectivity index (χ3n) is 1.63. The Balaban J connectivity index is 2.41. The highest BCUT2D eigenvalue weighted by Crippen LogP contribution is 2.05. The van der Waals surface area contributed by atoms with Gasteiger partial charge >= 0.3 is 0 Å². The van der Waals surface area contributed by atoms with E-state index >= 15 is 0 Å². The van der Waals surface area contributed by atoms with Gasteiger partial charge in [-0.3, -0.25) is 0 Å². The lowest BCUT2D eigenvalue weighted by molar-refractivity contribution is 0.299. The van der Waals surface area contributed by atoms with Crippen LogP contribution >= 0.6 is 0 Å². The van der Waals surface area contributed by atoms with Crippen molar-refractivity contribution >= 4 is 0 Å². The van der Waals surface area contributed by atoms with Gasteiger partial charge in [0.1, 0.15) is 0 Å². The summed E-state index contributed by atoms with van der Waals surface area (Å²) in [7, 11) is 0. The lowest BCUT2D eigenvalue weighted by Gasteiger charge is -2.25. The molecule has 1 heterocycles. The second-order valence-corrected chi connectivity index (χ2v) is 2.51. The van der Waals surface area contributed by atoms with Crippen molar-refractivity contribution in [3.05, 3.63) is 37.1 Å². The van der Waals surface area contributed by atoms with Crippen molar-refractivity contribution in [2.45, 2.75) is 12.6 Å². The van der Waals surface area contributed by atoms with Crippen LogP contribution in [0.25, 0.3) is 0 Å². The van der Waals surface area contributed by atoms with E-state index in [0.29, 0.717) is 0 Å². The van der Waals surface area contributed by atoms with Crippen LogP contribution in [0.3, 0.4) is 0 Å². The summed E-state index contributed by atoms with van der Waals surface area (Å²) in [5, 5.41) is 0. The van der Waals surface area contributed by atoms with Crippen LogP contribution in [-0.4, -0.2) is 17.6 Å². The molecule has 1 radical (unpaired) electrons. The highest BCUT2D eigenvalue weighted by Gasteiger charge is 2.07. The van der Waals surface area contributed by atoms with E-state index in [1.807, 2.05) is 29.3 Å². The highest BCUT2D eigenvalue weighted by atomic mass is 15.2. The van der Waals surface area contributed by atoms with E-state index in [9.17, 15) is 0 Å². The smallest absolute Gasteiger partial charge is 0.0955 e. The van der Waals surface area contributed by atoms with Crippen LogP contribution in [0.4, 0.5) is 0 Å². The maximum Gasteiger partial charge on any atom is 0.0955 e. The molecule has 11 heavy (non-hydrogen) atoms. The molecule has 0 aromatic rings. The fourth-order valence-electron chi connectivity index (χ4n) is 1.01. The van der Waals surface area contributed by atoms with Gasteiger partial charge < -0.3 is 4.90 Å². The topological polar surface area (TPSA) is 27.0 Å². The van der Waals surface area contributed by atoms with Gasteiger partial charge in [-0.15, -0.1) is 6.58 Å². The van der Waals surface area contributed by atoms with Crippen molar-refractivity contribution in [3.8, 4) is 0 Å². The first-order valence-electron chi connectivity index (χ1n) is 3.75. The maximum atomic E-state index is 7.64. The first-order chi connectivity index (χ1) is 5.34. The Morgan fingerprint density at radius 2 is 2.45 bits per heavy atom. The fourth-order valence-corrected chi connectivity index (χ4v) is 1.01. The zero-order valence-electron chi connectivity index (χ0n) is 6.53. The summed E-state index contributed by atoms with van der Waals surface area (Å²) in [6, 6.07) is 0. The Hall–Kier alpha value is -1.02. The average molecular weight is 149 g/mol. The largest absolute Gasteiger partial charge is 0.357 e. The third-order valence-corrected chi connectivity index (χ3v) is 1.63. The predicted octanol–water partition coefficient (Wildman–Crippen LogP) is 1.56. The van der Waals surface area contributed by atoms with Crippen LogP contribution < -0.4 is 5.73 Å². The summed E-state index contributed by atoms with van der Waals surface area (Å²) >= 11 is 0. The highest BCUT2D eigenvalue weighted by molar-refractivity contribution is 5.09. The molecular weight excluding hydrogens is 136 g/mol. The molecule has 0 spiro atoms. The number of nitrogens with one attached hydrogen (secondary N) is 1. The number of hydrogen-bond donors (Lipinski definition) is 0. The molecule has 1 atom stereocenters. The van der Waals surface area contributed by atoms with Crippen LogP contribution in [0.1, 0.15) is 6.42 Å². The molecular formula is C9H13N2. The molecule has 1 rings (SSSR count). The van der Waals surface area contributed by atoms with Gasteiger partial charge in [-0.2, -0.15) is 0 Å². The molecule has 0 aromatic heterocycles. The van der Waals surface area contributed by atoms with Gasteiger partial charge in [-0.05, 0) is 12.5 Å². The molecule has 0 fully saturated rings. The number of hydrogen-bond acceptors (Lipinski definition) is 1. The van der Waals surface area contributed by atoms with Gasteiger partial charge in [-0.25, -0.2) is 5.73 Å². The van der Waals surface area contributed by atoms with Crippen LogP contribution in [0.15, 0.2) is 37.1 Å².